The minimum atomic E-state index is -2.74. The van der Waals surface area contributed by atoms with Gasteiger partial charge in [-0.05, 0) is 67.7 Å². The zero-order chi connectivity index (χ0) is 27.0. The molecule has 3 aliphatic carbocycles. The number of rotatable bonds is 3. The van der Waals surface area contributed by atoms with E-state index in [1.165, 1.54) is 11.0 Å². The Bertz CT molecular complexity index is 1390. The molecule has 0 heterocycles. The largest absolute Gasteiger partial charge is 0.507 e. The number of hydrogen-bond acceptors (Lipinski definition) is 8. The SMILES string of the molecule is CN(C)[C@H]1C(=O)C(C(N)=O)C(=O)[C@]2(O)C(=O)C3C(=O)c4c(O)ccc(-c5ccc(Cl)cc5)c4C[C@@H]3C[C@H]12. The summed E-state index contributed by atoms with van der Waals surface area (Å²) >= 11 is 6.03. The fourth-order valence-corrected chi connectivity index (χ4v) is 6.63. The van der Waals surface area contributed by atoms with Gasteiger partial charge in [0.05, 0.1) is 17.5 Å². The molecule has 2 fully saturated rings. The van der Waals surface area contributed by atoms with Crippen LogP contribution in [0.5, 0.6) is 5.75 Å². The van der Waals surface area contributed by atoms with E-state index in [0.717, 1.165) is 5.56 Å². The van der Waals surface area contributed by atoms with Crippen LogP contribution in [-0.4, -0.2) is 69.9 Å². The molecule has 2 saturated carbocycles. The number of phenolic OH excluding ortho intramolecular Hbond substituents is 1. The molecule has 37 heavy (non-hydrogen) atoms. The van der Waals surface area contributed by atoms with Gasteiger partial charge in [-0.2, -0.15) is 0 Å². The predicted molar refractivity (Wildman–Crippen MR) is 132 cm³/mol. The van der Waals surface area contributed by atoms with Gasteiger partial charge in [0.15, 0.2) is 34.7 Å². The minimum Gasteiger partial charge on any atom is -0.507 e. The van der Waals surface area contributed by atoms with Crippen LogP contribution in [0.3, 0.4) is 0 Å². The van der Waals surface area contributed by atoms with Crippen LogP contribution >= 0.6 is 11.6 Å². The number of amides is 1. The van der Waals surface area contributed by atoms with Crippen LogP contribution in [0.15, 0.2) is 36.4 Å². The maximum absolute atomic E-state index is 13.8. The second-order valence-electron chi connectivity index (χ2n) is 10.3. The van der Waals surface area contributed by atoms with Gasteiger partial charge in [-0.1, -0.05) is 29.8 Å². The first kappa shape index (κ1) is 25.3. The van der Waals surface area contributed by atoms with Gasteiger partial charge in [-0.3, -0.25) is 28.9 Å². The number of aromatic hydroxyl groups is 1. The Kier molecular flexibility index (Phi) is 5.86. The molecule has 2 unspecified atom stereocenters. The first-order valence-electron chi connectivity index (χ1n) is 11.8. The highest BCUT2D eigenvalue weighted by atomic mass is 35.5. The topological polar surface area (TPSA) is 155 Å². The van der Waals surface area contributed by atoms with Gasteiger partial charge < -0.3 is 15.9 Å². The fraction of sp³-hybridized carbons (Fsp3) is 0.370. The predicted octanol–water partition coefficient (Wildman–Crippen LogP) is 1.19. The van der Waals surface area contributed by atoms with Gasteiger partial charge in [0.25, 0.3) is 0 Å². The first-order valence-corrected chi connectivity index (χ1v) is 12.2. The number of hydrogen-bond donors (Lipinski definition) is 3. The number of fused-ring (bicyclic) bond motifs is 3. The van der Waals surface area contributed by atoms with E-state index in [-0.39, 0.29) is 24.2 Å². The molecule has 1 amide bonds. The van der Waals surface area contributed by atoms with E-state index in [1.54, 1.807) is 44.4 Å². The molecule has 10 heteroatoms. The van der Waals surface area contributed by atoms with E-state index in [1.807, 2.05) is 0 Å². The average Bonchev–Trinajstić information content (AvgIpc) is 2.82. The molecule has 2 aromatic rings. The van der Waals surface area contributed by atoms with Gasteiger partial charge >= 0.3 is 0 Å². The molecule has 5 rings (SSSR count). The van der Waals surface area contributed by atoms with Crippen molar-refractivity contribution in [1.29, 1.82) is 0 Å². The molecule has 0 saturated heterocycles. The molecule has 192 valence electrons. The second-order valence-corrected chi connectivity index (χ2v) is 10.7. The Balaban J connectivity index is 1.66. The zero-order valence-electron chi connectivity index (χ0n) is 20.1. The van der Waals surface area contributed by atoms with Crippen LogP contribution in [0.25, 0.3) is 11.1 Å². The van der Waals surface area contributed by atoms with E-state index < -0.39 is 64.4 Å². The van der Waals surface area contributed by atoms with E-state index in [0.29, 0.717) is 16.1 Å². The molecule has 6 atom stereocenters. The van der Waals surface area contributed by atoms with Crippen LogP contribution in [0.2, 0.25) is 5.02 Å². The van der Waals surface area contributed by atoms with Crippen molar-refractivity contribution in [2.24, 2.45) is 29.4 Å². The lowest BCUT2D eigenvalue weighted by Crippen LogP contribution is -2.74. The summed E-state index contributed by atoms with van der Waals surface area (Å²) in [6.07, 6.45) is 0.192. The monoisotopic (exact) mass is 524 g/mol. The summed E-state index contributed by atoms with van der Waals surface area (Å²) in [6, 6.07) is 8.86. The molecule has 0 spiro atoms. The van der Waals surface area contributed by atoms with Crippen LogP contribution < -0.4 is 5.73 Å². The van der Waals surface area contributed by atoms with Crippen molar-refractivity contribution in [3.63, 3.8) is 0 Å². The number of carbonyl (C=O) groups excluding carboxylic acids is 5. The lowest BCUT2D eigenvalue weighted by Gasteiger charge is -2.52. The third kappa shape index (κ3) is 3.48. The summed E-state index contributed by atoms with van der Waals surface area (Å²) in [7, 11) is 3.09. The number of nitrogens with two attached hydrogens (primary N) is 1. The van der Waals surface area contributed by atoms with Gasteiger partial charge in [-0.15, -0.1) is 0 Å². The first-order chi connectivity index (χ1) is 17.4. The smallest absolute Gasteiger partial charge is 0.235 e. The summed E-state index contributed by atoms with van der Waals surface area (Å²) in [6.45, 7) is 0. The lowest BCUT2D eigenvalue weighted by molar-refractivity contribution is -0.181. The number of phenols is 1. The van der Waals surface area contributed by atoms with Crippen molar-refractivity contribution in [3.8, 4) is 16.9 Å². The maximum Gasteiger partial charge on any atom is 0.235 e. The number of Topliss-reactive ketones (excluding diaryl/α,β-unsaturated/α-hetero) is 4. The van der Waals surface area contributed by atoms with Crippen molar-refractivity contribution >= 4 is 40.6 Å². The molecule has 0 bridgehead atoms. The number of primary amides is 1. The minimum absolute atomic E-state index is 0.000388. The van der Waals surface area contributed by atoms with E-state index >= 15 is 0 Å². The van der Waals surface area contributed by atoms with Crippen molar-refractivity contribution < 1.29 is 34.2 Å². The van der Waals surface area contributed by atoms with Crippen LogP contribution in [0, 0.1) is 23.7 Å². The van der Waals surface area contributed by atoms with Gasteiger partial charge in [0.2, 0.25) is 5.91 Å². The highest BCUT2D eigenvalue weighted by Crippen LogP contribution is 2.51. The summed E-state index contributed by atoms with van der Waals surface area (Å²) in [4.78, 5) is 67.5. The fourth-order valence-electron chi connectivity index (χ4n) is 6.50. The molecule has 0 aliphatic heterocycles. The summed E-state index contributed by atoms with van der Waals surface area (Å²) in [5.74, 6) is -10.6. The highest BCUT2D eigenvalue weighted by molar-refractivity contribution is 6.32. The Morgan fingerprint density at radius 3 is 2.30 bits per heavy atom. The number of halogens is 1. The quantitative estimate of drug-likeness (QED) is 0.506. The number of likely N-dealkylation sites (N-methyl/N-ethyl adjacent to an activating group) is 1. The number of benzene rings is 2. The molecule has 4 N–H and O–H groups in total. The number of nitrogens with zero attached hydrogens (tertiary/aromatic N) is 1. The Hall–Kier alpha value is -3.40. The lowest BCUT2D eigenvalue weighted by atomic mass is 9.52. The zero-order valence-corrected chi connectivity index (χ0v) is 20.9. The average molecular weight is 525 g/mol. The Labute approximate surface area is 217 Å². The standard InChI is InChI=1S/C27H25ClN2O7/c1-30(2)21-16-10-12-9-15-14(11-3-5-13(28)6-4-11)7-8-17(31)19(15)22(32)18(12)24(34)27(16,37)25(35)20(23(21)33)26(29)36/h3-8,12,16,18,20-21,31,37H,9-10H2,1-2H3,(H2,29,36)/t12-,16-,18?,20?,21-,27-/m1/s1. The Morgan fingerprint density at radius 1 is 1.05 bits per heavy atom. The van der Waals surface area contributed by atoms with Gasteiger partial charge in [0, 0.05) is 10.9 Å². The van der Waals surface area contributed by atoms with Crippen molar-refractivity contribution in [2.45, 2.75) is 24.5 Å². The summed E-state index contributed by atoms with van der Waals surface area (Å²) in [5.41, 5.74) is 4.52. The van der Waals surface area contributed by atoms with E-state index in [2.05, 4.69) is 0 Å². The second kappa shape index (κ2) is 8.58. The highest BCUT2D eigenvalue weighted by Gasteiger charge is 2.69. The number of ketones is 4. The van der Waals surface area contributed by atoms with E-state index in [4.69, 9.17) is 17.3 Å². The normalized spacial score (nSPS) is 31.1. The maximum atomic E-state index is 13.8. The van der Waals surface area contributed by atoms with Gasteiger partial charge in [0.1, 0.15) is 5.75 Å². The Morgan fingerprint density at radius 2 is 1.70 bits per heavy atom. The summed E-state index contributed by atoms with van der Waals surface area (Å²) < 4.78 is 0. The third-order valence-electron chi connectivity index (χ3n) is 8.10. The van der Waals surface area contributed by atoms with Crippen LogP contribution in [0.4, 0.5) is 0 Å². The molecule has 3 aliphatic rings. The van der Waals surface area contributed by atoms with E-state index in [9.17, 15) is 34.2 Å². The molecule has 9 nitrogen and oxygen atoms in total. The number of carbonyl (C=O) groups is 5. The van der Waals surface area contributed by atoms with Gasteiger partial charge in [-0.25, -0.2) is 0 Å². The molecule has 0 aromatic heterocycles. The molecule has 0 radical (unpaired) electrons. The molecular formula is C27H25ClN2O7. The molecular weight excluding hydrogens is 500 g/mol. The number of aliphatic hydroxyl groups is 1. The molecule has 2 aromatic carbocycles. The van der Waals surface area contributed by atoms with Crippen LogP contribution in [0.1, 0.15) is 22.3 Å². The van der Waals surface area contributed by atoms with Crippen molar-refractivity contribution in [1.82, 2.24) is 4.90 Å². The summed E-state index contributed by atoms with van der Waals surface area (Å²) in [5, 5.41) is 22.8. The third-order valence-corrected chi connectivity index (χ3v) is 8.35. The van der Waals surface area contributed by atoms with Crippen molar-refractivity contribution in [3.05, 3.63) is 52.5 Å². The van der Waals surface area contributed by atoms with Crippen molar-refractivity contribution in [2.75, 3.05) is 14.1 Å². The van der Waals surface area contributed by atoms with Crippen LogP contribution in [-0.2, 0) is 25.6 Å².